The molecule has 0 radical (unpaired) electrons. The van der Waals surface area contributed by atoms with Crippen molar-refractivity contribution < 1.29 is 29.4 Å². The molecule has 1 aromatic rings. The second-order valence-electron chi connectivity index (χ2n) is 10.0. The van der Waals surface area contributed by atoms with Gasteiger partial charge >= 0.3 is 5.97 Å². The van der Waals surface area contributed by atoms with Crippen molar-refractivity contribution in [3.05, 3.63) is 29.8 Å². The Kier molecular flexibility index (Phi) is 11.8. The molecule has 11 heteroatoms. The molecule has 1 aliphatic heterocycles. The Morgan fingerprint density at radius 2 is 1.70 bits per heavy atom. The number of aliphatic carboxylic acids is 1. The molecule has 11 nitrogen and oxygen atoms in total. The van der Waals surface area contributed by atoms with E-state index in [4.69, 9.17) is 11.5 Å². The smallest absolute Gasteiger partial charge is 0.326 e. The quantitative estimate of drug-likeness (QED) is 0.191. The number of unbranched alkanes of at least 4 members (excludes halogenated alkanes) is 1. The number of likely N-dealkylation sites (tertiary alicyclic amines) is 1. The Balaban J connectivity index is 2.22. The van der Waals surface area contributed by atoms with Crippen LogP contribution in [0.4, 0.5) is 0 Å². The van der Waals surface area contributed by atoms with Crippen molar-refractivity contribution in [1.82, 2.24) is 15.5 Å². The molecule has 0 bridgehead atoms. The third kappa shape index (κ3) is 9.32. The summed E-state index contributed by atoms with van der Waals surface area (Å²) in [7, 11) is 0. The molecular weight excluding hydrogens is 478 g/mol. The SMILES string of the molecule is CC(C)CC(NC(=O)C(Cc1ccc(O)cc1)NC(=O)C(N)CCCCN)C(=O)N1CCCC1C(=O)O. The van der Waals surface area contributed by atoms with Crippen LogP contribution in [0.25, 0.3) is 0 Å². The molecule has 3 amide bonds. The summed E-state index contributed by atoms with van der Waals surface area (Å²) in [5.41, 5.74) is 12.2. The van der Waals surface area contributed by atoms with Crippen LogP contribution in [0.2, 0.25) is 0 Å². The Bertz CT molecular complexity index is 923. The van der Waals surface area contributed by atoms with E-state index in [1.165, 1.54) is 17.0 Å². The fraction of sp³-hybridized carbons (Fsp3) is 0.615. The molecule has 1 fully saturated rings. The zero-order chi connectivity index (χ0) is 27.5. The van der Waals surface area contributed by atoms with E-state index < -0.39 is 47.9 Å². The van der Waals surface area contributed by atoms with Crippen molar-refractivity contribution >= 4 is 23.7 Å². The first kappa shape index (κ1) is 30.0. The Labute approximate surface area is 217 Å². The van der Waals surface area contributed by atoms with Gasteiger partial charge in [0.1, 0.15) is 23.9 Å². The number of nitrogens with zero attached hydrogens (tertiary/aromatic N) is 1. The van der Waals surface area contributed by atoms with Gasteiger partial charge in [-0.05, 0) is 62.3 Å². The minimum absolute atomic E-state index is 0.0428. The Hall–Kier alpha value is -3.18. The molecule has 4 unspecified atom stereocenters. The van der Waals surface area contributed by atoms with Crippen molar-refractivity contribution in [2.24, 2.45) is 17.4 Å². The highest BCUT2D eigenvalue weighted by Gasteiger charge is 2.38. The van der Waals surface area contributed by atoms with Crippen LogP contribution in [0.1, 0.15) is 57.9 Å². The molecule has 4 atom stereocenters. The lowest BCUT2D eigenvalue weighted by atomic mass is 10.00. The van der Waals surface area contributed by atoms with Gasteiger partial charge in [-0.2, -0.15) is 0 Å². The third-order valence-electron chi connectivity index (χ3n) is 6.46. The van der Waals surface area contributed by atoms with Crippen molar-refractivity contribution in [3.63, 3.8) is 0 Å². The highest BCUT2D eigenvalue weighted by atomic mass is 16.4. The van der Waals surface area contributed by atoms with E-state index in [9.17, 15) is 29.4 Å². The van der Waals surface area contributed by atoms with Crippen LogP contribution in [-0.4, -0.2) is 76.1 Å². The van der Waals surface area contributed by atoms with Crippen molar-refractivity contribution in [1.29, 1.82) is 0 Å². The molecule has 1 heterocycles. The van der Waals surface area contributed by atoms with E-state index >= 15 is 0 Å². The number of phenolic OH excluding ortho intramolecular Hbond substituents is 1. The number of carboxylic acids is 1. The first-order valence-electron chi connectivity index (χ1n) is 12.9. The summed E-state index contributed by atoms with van der Waals surface area (Å²) in [5.74, 6) is -2.46. The number of nitrogens with two attached hydrogens (primary N) is 2. The molecule has 1 saturated heterocycles. The summed E-state index contributed by atoms with van der Waals surface area (Å²) in [6.07, 6.45) is 3.17. The topological polar surface area (TPSA) is 188 Å². The van der Waals surface area contributed by atoms with Gasteiger partial charge in [0, 0.05) is 13.0 Å². The number of benzene rings is 1. The molecule has 0 aromatic heterocycles. The number of aromatic hydroxyl groups is 1. The zero-order valence-electron chi connectivity index (χ0n) is 21.7. The minimum atomic E-state index is -1.07. The maximum Gasteiger partial charge on any atom is 0.326 e. The molecule has 1 aliphatic rings. The summed E-state index contributed by atoms with van der Waals surface area (Å²) < 4.78 is 0. The van der Waals surface area contributed by atoms with E-state index in [2.05, 4.69) is 10.6 Å². The van der Waals surface area contributed by atoms with Crippen LogP contribution >= 0.6 is 0 Å². The van der Waals surface area contributed by atoms with Crippen LogP contribution in [0, 0.1) is 5.92 Å². The fourth-order valence-corrected chi connectivity index (χ4v) is 4.45. The third-order valence-corrected chi connectivity index (χ3v) is 6.46. The first-order chi connectivity index (χ1) is 17.5. The summed E-state index contributed by atoms with van der Waals surface area (Å²) in [5, 5.41) is 24.6. The predicted octanol–water partition coefficient (Wildman–Crippen LogP) is 0.482. The predicted molar refractivity (Wildman–Crippen MR) is 138 cm³/mol. The van der Waals surface area contributed by atoms with Gasteiger partial charge in [-0.25, -0.2) is 4.79 Å². The highest BCUT2D eigenvalue weighted by molar-refractivity contribution is 5.94. The monoisotopic (exact) mass is 519 g/mol. The van der Waals surface area contributed by atoms with Gasteiger partial charge in [0.2, 0.25) is 17.7 Å². The lowest BCUT2D eigenvalue weighted by molar-refractivity contribution is -0.149. The minimum Gasteiger partial charge on any atom is -0.508 e. The Morgan fingerprint density at radius 3 is 2.30 bits per heavy atom. The van der Waals surface area contributed by atoms with Crippen LogP contribution in [0.15, 0.2) is 24.3 Å². The Morgan fingerprint density at radius 1 is 1.05 bits per heavy atom. The summed E-state index contributed by atoms with van der Waals surface area (Å²) in [6.45, 7) is 4.61. The average Bonchev–Trinajstić information content (AvgIpc) is 3.34. The van der Waals surface area contributed by atoms with E-state index in [0.29, 0.717) is 50.8 Å². The fourth-order valence-electron chi connectivity index (χ4n) is 4.45. The largest absolute Gasteiger partial charge is 0.508 e. The number of amides is 3. The number of phenols is 1. The van der Waals surface area contributed by atoms with E-state index in [1.807, 2.05) is 13.8 Å². The van der Waals surface area contributed by atoms with Gasteiger partial charge in [0.05, 0.1) is 6.04 Å². The van der Waals surface area contributed by atoms with Gasteiger partial charge in [-0.15, -0.1) is 0 Å². The van der Waals surface area contributed by atoms with Crippen molar-refractivity contribution in [2.45, 2.75) is 83.0 Å². The standard InChI is InChI=1S/C26H41N5O6/c1-16(2)14-21(25(35)31-13-5-7-22(31)26(36)37)30-24(34)20(15-17-8-10-18(32)11-9-17)29-23(33)19(28)6-3-4-12-27/h8-11,16,19-22,32H,3-7,12-15,27-28H2,1-2H3,(H,29,33)(H,30,34)(H,36,37). The first-order valence-corrected chi connectivity index (χ1v) is 12.9. The van der Waals surface area contributed by atoms with E-state index in [1.54, 1.807) is 12.1 Å². The molecular formula is C26H41N5O6. The normalized spacial score (nSPS) is 17.8. The molecule has 37 heavy (non-hydrogen) atoms. The number of hydrogen-bond donors (Lipinski definition) is 6. The summed E-state index contributed by atoms with van der Waals surface area (Å²) in [6, 6.07) is 2.53. The lowest BCUT2D eigenvalue weighted by Crippen LogP contribution is -2.57. The second-order valence-corrected chi connectivity index (χ2v) is 10.0. The van der Waals surface area contributed by atoms with Crippen LogP contribution in [0.3, 0.4) is 0 Å². The average molecular weight is 520 g/mol. The maximum atomic E-state index is 13.4. The maximum absolute atomic E-state index is 13.4. The molecule has 1 aromatic carbocycles. The van der Waals surface area contributed by atoms with Crippen LogP contribution in [0.5, 0.6) is 5.75 Å². The zero-order valence-corrected chi connectivity index (χ0v) is 21.7. The number of carbonyl (C=O) groups is 4. The van der Waals surface area contributed by atoms with E-state index in [0.717, 1.165) is 6.42 Å². The summed E-state index contributed by atoms with van der Waals surface area (Å²) >= 11 is 0. The van der Waals surface area contributed by atoms with Gasteiger partial charge in [0.25, 0.3) is 0 Å². The lowest BCUT2D eigenvalue weighted by Gasteiger charge is -2.30. The molecule has 2 rings (SSSR count). The number of carbonyl (C=O) groups excluding carboxylic acids is 3. The van der Waals surface area contributed by atoms with E-state index in [-0.39, 0.29) is 18.1 Å². The van der Waals surface area contributed by atoms with Gasteiger partial charge in [0.15, 0.2) is 0 Å². The molecule has 206 valence electrons. The molecule has 0 spiro atoms. The number of nitrogens with one attached hydrogen (secondary N) is 2. The van der Waals surface area contributed by atoms with Gasteiger partial charge in [-0.3, -0.25) is 14.4 Å². The molecule has 0 aliphatic carbocycles. The highest BCUT2D eigenvalue weighted by Crippen LogP contribution is 2.21. The summed E-state index contributed by atoms with van der Waals surface area (Å²) in [4.78, 5) is 52.5. The van der Waals surface area contributed by atoms with Crippen LogP contribution < -0.4 is 22.1 Å². The molecule has 8 N–H and O–H groups in total. The molecule has 0 saturated carbocycles. The number of carboxylic acid groups (broad SMARTS) is 1. The van der Waals surface area contributed by atoms with Crippen molar-refractivity contribution in [2.75, 3.05) is 13.1 Å². The van der Waals surface area contributed by atoms with Gasteiger partial charge < -0.3 is 37.2 Å². The number of hydrogen-bond acceptors (Lipinski definition) is 7. The van der Waals surface area contributed by atoms with Crippen molar-refractivity contribution in [3.8, 4) is 5.75 Å². The second kappa shape index (κ2) is 14.5. The van der Waals surface area contributed by atoms with Crippen LogP contribution in [-0.2, 0) is 25.6 Å². The number of rotatable bonds is 14. The van der Waals surface area contributed by atoms with Gasteiger partial charge in [-0.1, -0.05) is 32.4 Å².